The first-order valence-corrected chi connectivity index (χ1v) is 6.36. The van der Waals surface area contributed by atoms with Crippen LogP contribution in [0.15, 0.2) is 10.7 Å². The maximum atomic E-state index is 11.5. The number of likely N-dealkylation sites (N-methyl/N-ethyl adjacent to an activating group) is 1. The van der Waals surface area contributed by atoms with Crippen LogP contribution in [0.1, 0.15) is 13.3 Å². The molecule has 0 aliphatic carbocycles. The first kappa shape index (κ1) is 14.7. The monoisotopic (exact) mass is 316 g/mol. The van der Waals surface area contributed by atoms with Crippen LogP contribution in [0.5, 0.6) is 0 Å². The van der Waals surface area contributed by atoms with Crippen molar-refractivity contribution in [2.75, 3.05) is 30.5 Å². The number of nitrogens with zero attached hydrogens (tertiary/aromatic N) is 3. The van der Waals surface area contributed by atoms with Crippen LogP contribution in [0.25, 0.3) is 0 Å². The van der Waals surface area contributed by atoms with Crippen LogP contribution < -0.4 is 21.5 Å². The predicted molar refractivity (Wildman–Crippen MR) is 74.1 cm³/mol. The maximum Gasteiger partial charge on any atom is 0.239 e. The minimum absolute atomic E-state index is 0.0729. The van der Waals surface area contributed by atoms with Gasteiger partial charge in [-0.15, -0.1) is 0 Å². The van der Waals surface area contributed by atoms with Gasteiger partial charge in [-0.3, -0.25) is 10.2 Å². The molecule has 0 radical (unpaired) electrons. The zero-order valence-electron chi connectivity index (χ0n) is 10.4. The molecule has 1 rings (SSSR count). The third-order valence-corrected chi connectivity index (χ3v) is 2.82. The van der Waals surface area contributed by atoms with Crippen molar-refractivity contribution in [3.63, 3.8) is 0 Å². The van der Waals surface area contributed by atoms with E-state index >= 15 is 0 Å². The molecular formula is C10H17BrN6O. The van der Waals surface area contributed by atoms with Crippen molar-refractivity contribution >= 4 is 33.6 Å². The number of aromatic nitrogens is 2. The molecule has 8 heteroatoms. The van der Waals surface area contributed by atoms with Gasteiger partial charge in [-0.05, 0) is 22.4 Å². The highest BCUT2D eigenvalue weighted by Gasteiger charge is 2.15. The number of nitrogen functional groups attached to an aromatic ring is 1. The minimum Gasteiger partial charge on any atom is -0.358 e. The molecule has 1 amide bonds. The molecule has 1 heterocycles. The Morgan fingerprint density at radius 1 is 1.61 bits per heavy atom. The molecule has 4 N–H and O–H groups in total. The van der Waals surface area contributed by atoms with Crippen molar-refractivity contribution < 1.29 is 4.79 Å². The van der Waals surface area contributed by atoms with E-state index in [-0.39, 0.29) is 12.5 Å². The molecule has 0 unspecified atom stereocenters. The molecule has 0 spiro atoms. The second-order valence-electron chi connectivity index (χ2n) is 3.60. The Hall–Kier alpha value is -1.41. The fourth-order valence-corrected chi connectivity index (χ4v) is 1.87. The molecule has 1 aromatic heterocycles. The van der Waals surface area contributed by atoms with Gasteiger partial charge < -0.3 is 10.2 Å². The molecule has 0 aromatic carbocycles. The number of rotatable bonds is 6. The van der Waals surface area contributed by atoms with Gasteiger partial charge in [0.05, 0.1) is 11.0 Å². The van der Waals surface area contributed by atoms with Gasteiger partial charge in [0.1, 0.15) is 5.82 Å². The number of carbonyl (C=O) groups is 1. The molecule has 18 heavy (non-hydrogen) atoms. The summed E-state index contributed by atoms with van der Waals surface area (Å²) in [4.78, 5) is 21.6. The number of anilines is 2. The van der Waals surface area contributed by atoms with Crippen LogP contribution in [0.4, 0.5) is 11.8 Å². The van der Waals surface area contributed by atoms with Gasteiger partial charge in [0.2, 0.25) is 11.9 Å². The molecule has 1 aromatic rings. The van der Waals surface area contributed by atoms with Crippen LogP contribution >= 0.6 is 15.9 Å². The van der Waals surface area contributed by atoms with Crippen LogP contribution in [0.3, 0.4) is 0 Å². The van der Waals surface area contributed by atoms with E-state index in [0.717, 1.165) is 10.9 Å². The van der Waals surface area contributed by atoms with Gasteiger partial charge in [-0.1, -0.05) is 6.92 Å². The van der Waals surface area contributed by atoms with E-state index in [2.05, 4.69) is 36.6 Å². The van der Waals surface area contributed by atoms with Gasteiger partial charge in [0.15, 0.2) is 0 Å². The van der Waals surface area contributed by atoms with Crippen molar-refractivity contribution in [2.45, 2.75) is 13.3 Å². The van der Waals surface area contributed by atoms with Crippen LogP contribution in [-0.4, -0.2) is 36.0 Å². The fourth-order valence-electron chi connectivity index (χ4n) is 1.43. The minimum atomic E-state index is -0.0729. The van der Waals surface area contributed by atoms with E-state index in [1.807, 2.05) is 11.8 Å². The number of carbonyl (C=O) groups excluding carboxylic acids is 1. The number of hydrogen-bond acceptors (Lipinski definition) is 6. The lowest BCUT2D eigenvalue weighted by molar-refractivity contribution is -0.119. The second-order valence-corrected chi connectivity index (χ2v) is 4.46. The SMILES string of the molecule is CCCN(CC(=O)NC)c1nc(NN)ncc1Br. The number of hydrogen-bond donors (Lipinski definition) is 3. The van der Waals surface area contributed by atoms with E-state index in [1.165, 1.54) is 0 Å². The Balaban J connectivity index is 2.99. The quantitative estimate of drug-likeness (QED) is 0.522. The summed E-state index contributed by atoms with van der Waals surface area (Å²) in [6.45, 7) is 2.99. The smallest absolute Gasteiger partial charge is 0.239 e. The van der Waals surface area contributed by atoms with E-state index in [1.54, 1.807) is 13.2 Å². The molecule has 0 saturated carbocycles. The van der Waals surface area contributed by atoms with E-state index in [9.17, 15) is 4.79 Å². The van der Waals surface area contributed by atoms with Crippen LogP contribution in [-0.2, 0) is 4.79 Å². The molecule has 0 fully saturated rings. The standard InChI is InChI=1S/C10H17BrN6O/c1-3-4-17(6-8(18)13-2)9-7(11)5-14-10(15-9)16-12/h5H,3-4,6,12H2,1-2H3,(H,13,18)(H,14,15,16). The predicted octanol–water partition coefficient (Wildman–Crippen LogP) is 0.487. The maximum absolute atomic E-state index is 11.5. The molecule has 0 aliphatic heterocycles. The molecule has 7 nitrogen and oxygen atoms in total. The Bertz CT molecular complexity index is 413. The zero-order valence-corrected chi connectivity index (χ0v) is 12.0. The highest BCUT2D eigenvalue weighted by Crippen LogP contribution is 2.24. The summed E-state index contributed by atoms with van der Waals surface area (Å²) in [7, 11) is 1.61. The van der Waals surface area contributed by atoms with Crippen molar-refractivity contribution in [2.24, 2.45) is 5.84 Å². The Morgan fingerprint density at radius 2 is 2.33 bits per heavy atom. The number of halogens is 1. The summed E-state index contributed by atoms with van der Waals surface area (Å²) in [5.41, 5.74) is 2.39. The highest BCUT2D eigenvalue weighted by molar-refractivity contribution is 9.10. The van der Waals surface area contributed by atoms with Gasteiger partial charge in [-0.25, -0.2) is 10.8 Å². The van der Waals surface area contributed by atoms with Gasteiger partial charge in [-0.2, -0.15) is 4.98 Å². The van der Waals surface area contributed by atoms with Crippen LogP contribution in [0.2, 0.25) is 0 Å². The summed E-state index contributed by atoms with van der Waals surface area (Å²) in [5, 5.41) is 2.59. The molecule has 100 valence electrons. The summed E-state index contributed by atoms with van der Waals surface area (Å²) in [5.74, 6) is 6.16. The number of nitrogens with two attached hydrogens (primary N) is 1. The van der Waals surface area contributed by atoms with E-state index in [4.69, 9.17) is 5.84 Å². The second kappa shape index (κ2) is 7.12. The highest BCUT2D eigenvalue weighted by atomic mass is 79.9. The zero-order chi connectivity index (χ0) is 13.5. The van der Waals surface area contributed by atoms with Crippen molar-refractivity contribution in [1.29, 1.82) is 0 Å². The Morgan fingerprint density at radius 3 is 2.89 bits per heavy atom. The molecule has 0 saturated heterocycles. The van der Waals surface area contributed by atoms with Crippen molar-refractivity contribution in [3.05, 3.63) is 10.7 Å². The molecular weight excluding hydrogens is 300 g/mol. The van der Waals surface area contributed by atoms with E-state index in [0.29, 0.717) is 18.3 Å². The van der Waals surface area contributed by atoms with Crippen LogP contribution in [0, 0.1) is 0 Å². The molecule has 0 aliphatic rings. The normalized spacial score (nSPS) is 10.0. The average molecular weight is 317 g/mol. The Kier molecular flexibility index (Phi) is 5.79. The summed E-state index contributed by atoms with van der Waals surface area (Å²) >= 11 is 3.38. The summed E-state index contributed by atoms with van der Waals surface area (Å²) in [6.07, 6.45) is 2.50. The van der Waals surface area contributed by atoms with Crippen molar-refractivity contribution in [1.82, 2.24) is 15.3 Å². The van der Waals surface area contributed by atoms with Crippen molar-refractivity contribution in [3.8, 4) is 0 Å². The number of amides is 1. The lowest BCUT2D eigenvalue weighted by atomic mass is 10.3. The average Bonchev–Trinajstić information content (AvgIpc) is 2.38. The Labute approximate surface area is 114 Å². The van der Waals surface area contributed by atoms with Gasteiger partial charge >= 0.3 is 0 Å². The first-order valence-electron chi connectivity index (χ1n) is 5.57. The third-order valence-electron chi connectivity index (χ3n) is 2.26. The lowest BCUT2D eigenvalue weighted by Crippen LogP contribution is -2.37. The lowest BCUT2D eigenvalue weighted by Gasteiger charge is -2.23. The number of hydrazine groups is 1. The largest absolute Gasteiger partial charge is 0.358 e. The molecule has 0 atom stereocenters. The first-order chi connectivity index (χ1) is 8.62. The van der Waals surface area contributed by atoms with E-state index < -0.39 is 0 Å². The third kappa shape index (κ3) is 3.81. The van der Waals surface area contributed by atoms with Gasteiger partial charge in [0, 0.05) is 19.8 Å². The van der Waals surface area contributed by atoms with Gasteiger partial charge in [0.25, 0.3) is 0 Å². The fraction of sp³-hybridized carbons (Fsp3) is 0.500. The summed E-state index contributed by atoms with van der Waals surface area (Å²) < 4.78 is 0.721. The molecule has 0 bridgehead atoms. The summed E-state index contributed by atoms with van der Waals surface area (Å²) in [6, 6.07) is 0. The topological polar surface area (TPSA) is 96.2 Å². The number of nitrogens with one attached hydrogen (secondary N) is 2.